The molecule has 0 unspecified atom stereocenters. The number of ether oxygens (including phenoxy) is 1. The Morgan fingerprint density at radius 1 is 0.824 bits per heavy atom. The standard InChI is InChI=1S/C29H23NO3S/c1-20-7-2-3-9-24(20)19-33-25-15-13-21(14-16-25)17-27-28(31)30(29(32)34-27)18-23-11-6-10-22-8-4-5-12-26(22)23/h2-17H,18-19H2,1H3/b27-17-. The van der Waals surface area contributed by atoms with Crippen LogP contribution in [0.2, 0.25) is 0 Å². The molecule has 5 rings (SSSR count). The van der Waals surface area contributed by atoms with Crippen LogP contribution in [0.15, 0.2) is 95.9 Å². The van der Waals surface area contributed by atoms with E-state index in [9.17, 15) is 9.59 Å². The Morgan fingerprint density at radius 2 is 1.53 bits per heavy atom. The molecule has 0 spiro atoms. The average Bonchev–Trinajstić information content (AvgIpc) is 3.12. The molecule has 1 fully saturated rings. The summed E-state index contributed by atoms with van der Waals surface area (Å²) >= 11 is 0.982. The van der Waals surface area contributed by atoms with Crippen LogP contribution in [0.4, 0.5) is 4.79 Å². The van der Waals surface area contributed by atoms with Gasteiger partial charge in [-0.05, 0) is 69.9 Å². The van der Waals surface area contributed by atoms with Crippen molar-refractivity contribution in [3.8, 4) is 5.75 Å². The summed E-state index contributed by atoms with van der Waals surface area (Å²) in [6, 6.07) is 29.6. The molecule has 1 saturated heterocycles. The fourth-order valence-corrected chi connectivity index (χ4v) is 4.82. The van der Waals surface area contributed by atoms with Crippen molar-refractivity contribution in [1.29, 1.82) is 0 Å². The average molecular weight is 466 g/mol. The lowest BCUT2D eigenvalue weighted by Gasteiger charge is -2.14. The van der Waals surface area contributed by atoms with Gasteiger partial charge in [-0.2, -0.15) is 0 Å². The monoisotopic (exact) mass is 465 g/mol. The first-order valence-corrected chi connectivity index (χ1v) is 11.9. The Bertz CT molecular complexity index is 1400. The number of fused-ring (bicyclic) bond motifs is 1. The SMILES string of the molecule is Cc1ccccc1COc1ccc(/C=C2\SC(=O)N(Cc3cccc4ccccc34)C2=O)cc1. The van der Waals surface area contributed by atoms with E-state index in [4.69, 9.17) is 4.74 Å². The Balaban J connectivity index is 1.28. The minimum atomic E-state index is -0.261. The lowest BCUT2D eigenvalue weighted by molar-refractivity contribution is -0.123. The van der Waals surface area contributed by atoms with Gasteiger partial charge in [0.15, 0.2) is 0 Å². The highest BCUT2D eigenvalue weighted by molar-refractivity contribution is 8.18. The van der Waals surface area contributed by atoms with Crippen LogP contribution >= 0.6 is 11.8 Å². The van der Waals surface area contributed by atoms with Crippen LogP contribution < -0.4 is 4.74 Å². The molecule has 4 aromatic rings. The molecule has 5 heteroatoms. The van der Waals surface area contributed by atoms with E-state index in [0.717, 1.165) is 45.0 Å². The van der Waals surface area contributed by atoms with E-state index in [2.05, 4.69) is 19.1 Å². The molecule has 1 aliphatic heterocycles. The number of nitrogens with zero attached hydrogens (tertiary/aromatic N) is 1. The quantitative estimate of drug-likeness (QED) is 0.289. The van der Waals surface area contributed by atoms with E-state index < -0.39 is 0 Å². The van der Waals surface area contributed by atoms with Crippen LogP contribution in [-0.4, -0.2) is 16.0 Å². The molecule has 0 bridgehead atoms. The summed E-state index contributed by atoms with van der Waals surface area (Å²) in [6.07, 6.45) is 1.76. The van der Waals surface area contributed by atoms with E-state index in [1.807, 2.05) is 78.9 Å². The first-order chi connectivity index (χ1) is 16.6. The molecule has 0 saturated carbocycles. The molecule has 0 aliphatic carbocycles. The van der Waals surface area contributed by atoms with Crippen LogP contribution in [0.25, 0.3) is 16.8 Å². The molecule has 1 aliphatic rings. The van der Waals surface area contributed by atoms with Crippen molar-refractivity contribution < 1.29 is 14.3 Å². The predicted molar refractivity (Wildman–Crippen MR) is 137 cm³/mol. The Kier molecular flexibility index (Phi) is 6.19. The third-order valence-corrected chi connectivity index (χ3v) is 6.82. The maximum atomic E-state index is 13.0. The number of rotatable bonds is 6. The summed E-state index contributed by atoms with van der Waals surface area (Å²) in [7, 11) is 0. The minimum Gasteiger partial charge on any atom is -0.489 e. The molecule has 168 valence electrons. The summed E-state index contributed by atoms with van der Waals surface area (Å²) in [6.45, 7) is 2.82. The highest BCUT2D eigenvalue weighted by Gasteiger charge is 2.35. The van der Waals surface area contributed by atoms with E-state index in [-0.39, 0.29) is 17.7 Å². The topological polar surface area (TPSA) is 46.6 Å². The second-order valence-electron chi connectivity index (χ2n) is 8.19. The van der Waals surface area contributed by atoms with Gasteiger partial charge in [0.2, 0.25) is 0 Å². The highest BCUT2D eigenvalue weighted by atomic mass is 32.2. The third-order valence-electron chi connectivity index (χ3n) is 5.92. The molecule has 4 aromatic carbocycles. The first kappa shape index (κ1) is 22.0. The molecule has 2 amide bonds. The summed E-state index contributed by atoms with van der Waals surface area (Å²) in [5, 5.41) is 1.89. The van der Waals surface area contributed by atoms with Gasteiger partial charge in [0, 0.05) is 0 Å². The van der Waals surface area contributed by atoms with Crippen LogP contribution in [-0.2, 0) is 17.9 Å². The van der Waals surface area contributed by atoms with Gasteiger partial charge in [-0.25, -0.2) is 0 Å². The second-order valence-corrected chi connectivity index (χ2v) is 9.18. The molecule has 4 nitrogen and oxygen atoms in total. The minimum absolute atomic E-state index is 0.248. The Labute approximate surface area is 202 Å². The number of aryl methyl sites for hydroxylation is 1. The molecule has 1 heterocycles. The van der Waals surface area contributed by atoms with Crippen molar-refractivity contribution >= 4 is 39.8 Å². The van der Waals surface area contributed by atoms with Crippen molar-refractivity contribution in [2.75, 3.05) is 0 Å². The first-order valence-electron chi connectivity index (χ1n) is 11.1. The van der Waals surface area contributed by atoms with Crippen molar-refractivity contribution in [2.24, 2.45) is 0 Å². The zero-order valence-electron chi connectivity index (χ0n) is 18.7. The molecular formula is C29H23NO3S. The molecular weight excluding hydrogens is 442 g/mol. The fourth-order valence-electron chi connectivity index (χ4n) is 3.98. The maximum Gasteiger partial charge on any atom is 0.293 e. The zero-order chi connectivity index (χ0) is 23.5. The Hall–Kier alpha value is -3.83. The molecule has 0 atom stereocenters. The van der Waals surface area contributed by atoms with E-state index >= 15 is 0 Å². The normalized spacial score (nSPS) is 14.9. The Morgan fingerprint density at radius 3 is 2.35 bits per heavy atom. The van der Waals surface area contributed by atoms with Crippen LogP contribution in [0.5, 0.6) is 5.75 Å². The summed E-state index contributed by atoms with van der Waals surface area (Å²) in [5.41, 5.74) is 4.14. The predicted octanol–water partition coefficient (Wildman–Crippen LogP) is 6.96. The van der Waals surface area contributed by atoms with Crippen LogP contribution in [0.3, 0.4) is 0 Å². The van der Waals surface area contributed by atoms with E-state index in [0.29, 0.717) is 11.5 Å². The van der Waals surface area contributed by atoms with Crippen LogP contribution in [0.1, 0.15) is 22.3 Å². The lowest BCUT2D eigenvalue weighted by Crippen LogP contribution is -2.27. The van der Waals surface area contributed by atoms with Crippen molar-refractivity contribution in [3.05, 3.63) is 118 Å². The molecule has 34 heavy (non-hydrogen) atoms. The second kappa shape index (κ2) is 9.57. The maximum absolute atomic E-state index is 13.0. The van der Waals surface area contributed by atoms with Crippen LogP contribution in [0, 0.1) is 6.92 Å². The summed E-state index contributed by atoms with van der Waals surface area (Å²) in [5.74, 6) is 0.493. The van der Waals surface area contributed by atoms with Crippen molar-refractivity contribution in [1.82, 2.24) is 4.90 Å². The summed E-state index contributed by atoms with van der Waals surface area (Å²) < 4.78 is 5.90. The number of amides is 2. The van der Waals surface area contributed by atoms with Gasteiger partial charge in [0.05, 0.1) is 11.4 Å². The smallest absolute Gasteiger partial charge is 0.293 e. The van der Waals surface area contributed by atoms with Crippen molar-refractivity contribution in [3.63, 3.8) is 0 Å². The largest absolute Gasteiger partial charge is 0.489 e. The highest BCUT2D eigenvalue weighted by Crippen LogP contribution is 2.34. The number of carbonyl (C=O) groups is 2. The van der Waals surface area contributed by atoms with Gasteiger partial charge >= 0.3 is 0 Å². The molecule has 0 radical (unpaired) electrons. The van der Waals surface area contributed by atoms with Gasteiger partial charge in [0.1, 0.15) is 12.4 Å². The van der Waals surface area contributed by atoms with Gasteiger partial charge in [-0.15, -0.1) is 0 Å². The van der Waals surface area contributed by atoms with Gasteiger partial charge in [0.25, 0.3) is 11.1 Å². The molecule has 0 aromatic heterocycles. The molecule has 0 N–H and O–H groups in total. The summed E-state index contributed by atoms with van der Waals surface area (Å²) in [4.78, 5) is 27.4. The van der Waals surface area contributed by atoms with E-state index in [1.54, 1.807) is 6.08 Å². The number of thioether (sulfide) groups is 1. The fraction of sp³-hybridized carbons (Fsp3) is 0.103. The third kappa shape index (κ3) is 4.61. The van der Waals surface area contributed by atoms with Gasteiger partial charge in [-0.1, -0.05) is 78.9 Å². The number of hydrogen-bond acceptors (Lipinski definition) is 4. The lowest BCUT2D eigenvalue weighted by atomic mass is 10.0. The number of carbonyl (C=O) groups excluding carboxylic acids is 2. The van der Waals surface area contributed by atoms with Gasteiger partial charge in [-0.3, -0.25) is 14.5 Å². The van der Waals surface area contributed by atoms with E-state index in [1.165, 1.54) is 10.5 Å². The zero-order valence-corrected chi connectivity index (χ0v) is 19.5. The van der Waals surface area contributed by atoms with Crippen molar-refractivity contribution in [2.45, 2.75) is 20.1 Å². The number of imide groups is 1. The number of benzene rings is 4. The van der Waals surface area contributed by atoms with Gasteiger partial charge < -0.3 is 4.74 Å². The number of hydrogen-bond donors (Lipinski definition) is 0.